The number of cyclic esters (lactones) is 1. The summed E-state index contributed by atoms with van der Waals surface area (Å²) in [4.78, 5) is 102. The molecule has 0 aliphatic carbocycles. The number of ether oxygens (including phenoxy) is 1. The van der Waals surface area contributed by atoms with Crippen molar-refractivity contribution in [2.45, 2.75) is 115 Å². The number of fused-ring (bicyclic) bond motifs is 3. The first-order valence-corrected chi connectivity index (χ1v) is 20.2. The van der Waals surface area contributed by atoms with Crippen molar-refractivity contribution in [1.29, 1.82) is 0 Å². The minimum atomic E-state index is -1.43. The smallest absolute Gasteiger partial charge is 0.328 e. The molecule has 4 fully saturated rings. The number of anilines is 1. The van der Waals surface area contributed by atoms with Gasteiger partial charge in [0.05, 0.1) is 0 Å². The molecule has 15 nitrogen and oxygen atoms in total. The van der Waals surface area contributed by atoms with Crippen LogP contribution in [0.5, 0.6) is 0 Å². The molecule has 2 aromatic rings. The number of piperidine rings is 1. The van der Waals surface area contributed by atoms with Gasteiger partial charge in [0.2, 0.25) is 29.5 Å². The van der Waals surface area contributed by atoms with Crippen LogP contribution in [0.2, 0.25) is 0 Å². The lowest BCUT2D eigenvalue weighted by molar-refractivity contribution is -0.158. The summed E-state index contributed by atoms with van der Waals surface area (Å²) < 4.78 is 5.77. The SMILES string of the molecule is CCc1ccc(NC(=O)N[C@@H](Cc2cccc(C)c2)C(=O)N[C@H]2COC(=O)[C@@H]3C[C@@H](C)CN3C(=O)[C@H](C)NC(=O)[C@@H]3CCCCN3C(=O)[C@@H]3CCCN3C2=O)cc1. The summed E-state index contributed by atoms with van der Waals surface area (Å²) in [5.74, 6) is -3.43. The molecule has 7 atom stereocenters. The molecule has 15 heteroatoms. The van der Waals surface area contributed by atoms with Crippen molar-refractivity contribution in [1.82, 2.24) is 30.7 Å². The Morgan fingerprint density at radius 3 is 2.30 bits per heavy atom. The van der Waals surface area contributed by atoms with E-state index in [-0.39, 0.29) is 31.3 Å². The number of hydrogen-bond acceptors (Lipinski definition) is 8. The van der Waals surface area contributed by atoms with Gasteiger partial charge in [0.15, 0.2) is 0 Å². The Labute approximate surface area is 333 Å². The van der Waals surface area contributed by atoms with Gasteiger partial charge in [-0.2, -0.15) is 0 Å². The van der Waals surface area contributed by atoms with E-state index in [1.807, 2.05) is 57.2 Å². The van der Waals surface area contributed by atoms with Gasteiger partial charge in [-0.05, 0) is 88.0 Å². The monoisotopic (exact) mass is 785 g/mol. The van der Waals surface area contributed by atoms with Crippen molar-refractivity contribution in [3.8, 4) is 0 Å². The van der Waals surface area contributed by atoms with Gasteiger partial charge in [-0.3, -0.25) is 24.0 Å². The predicted octanol–water partition coefficient (Wildman–Crippen LogP) is 2.45. The number of aryl methyl sites for hydroxylation is 2. The molecule has 0 unspecified atom stereocenters. The summed E-state index contributed by atoms with van der Waals surface area (Å²) in [5, 5.41) is 11.1. The molecule has 4 aliphatic rings. The number of benzene rings is 2. The van der Waals surface area contributed by atoms with Crippen LogP contribution in [0.15, 0.2) is 48.5 Å². The van der Waals surface area contributed by atoms with Crippen LogP contribution in [-0.2, 0) is 46.3 Å². The van der Waals surface area contributed by atoms with Crippen LogP contribution in [0.4, 0.5) is 10.5 Å². The van der Waals surface area contributed by atoms with Crippen molar-refractivity contribution in [3.63, 3.8) is 0 Å². The summed E-state index contributed by atoms with van der Waals surface area (Å²) >= 11 is 0. The normalized spacial score (nSPS) is 26.5. The number of urea groups is 1. The molecule has 0 bridgehead atoms. The lowest BCUT2D eigenvalue weighted by Crippen LogP contribution is -2.62. The maximum Gasteiger partial charge on any atom is 0.328 e. The maximum absolute atomic E-state index is 14.6. The van der Waals surface area contributed by atoms with Crippen molar-refractivity contribution in [2.75, 3.05) is 31.6 Å². The van der Waals surface area contributed by atoms with Crippen molar-refractivity contribution >= 4 is 47.2 Å². The third kappa shape index (κ3) is 9.74. The van der Waals surface area contributed by atoms with Crippen LogP contribution in [0, 0.1) is 12.8 Å². The molecule has 4 saturated heterocycles. The van der Waals surface area contributed by atoms with Gasteiger partial charge in [0.1, 0.15) is 42.9 Å². The quantitative estimate of drug-likeness (QED) is 0.309. The van der Waals surface area contributed by atoms with E-state index < -0.39 is 78.5 Å². The summed E-state index contributed by atoms with van der Waals surface area (Å²) in [6.07, 6.45) is 3.87. The van der Waals surface area contributed by atoms with Crippen LogP contribution < -0.4 is 21.3 Å². The van der Waals surface area contributed by atoms with Gasteiger partial charge < -0.3 is 40.7 Å². The standard InChI is InChI=1S/C42H55N7O8/c1-5-28-14-16-30(17-15-28)44-42(56)46-31(22-29-11-8-10-25(2)20-29)36(50)45-32-24-57-41(55)35-21-26(3)23-49(35)38(52)27(4)43-37(51)33-12-6-7-18-47(33)40(54)34-13-9-19-48(34)39(32)53/h8,10-11,14-17,20,26-27,31-35H,5-7,9,12-13,18-19,21-24H2,1-4H3,(H,43,51)(H,45,50)(H2,44,46,56)/t26-,27+,31+,32+,33+,34+,35+/m1/s1. The number of rotatable bonds is 7. The highest BCUT2D eigenvalue weighted by atomic mass is 16.5. The molecule has 0 aromatic heterocycles. The molecule has 4 heterocycles. The van der Waals surface area contributed by atoms with Gasteiger partial charge >= 0.3 is 12.0 Å². The molecular weight excluding hydrogens is 731 g/mol. The summed E-state index contributed by atoms with van der Waals surface area (Å²) in [6, 6.07) is 7.91. The lowest BCUT2D eigenvalue weighted by Gasteiger charge is -2.39. The third-order valence-electron chi connectivity index (χ3n) is 11.5. The molecule has 306 valence electrons. The summed E-state index contributed by atoms with van der Waals surface area (Å²) in [5.41, 5.74) is 3.34. The number of nitrogens with one attached hydrogen (secondary N) is 4. The second-order valence-corrected chi connectivity index (χ2v) is 15.9. The number of amides is 7. The number of esters is 1. The number of nitrogens with zero attached hydrogens (tertiary/aromatic N) is 3. The second-order valence-electron chi connectivity index (χ2n) is 15.9. The Kier molecular flexibility index (Phi) is 13.1. The molecule has 57 heavy (non-hydrogen) atoms. The molecule has 0 radical (unpaired) electrons. The number of hydrogen-bond donors (Lipinski definition) is 4. The van der Waals surface area contributed by atoms with Crippen molar-refractivity contribution < 1.29 is 38.3 Å². The van der Waals surface area contributed by atoms with Gasteiger partial charge in [0.25, 0.3) is 0 Å². The zero-order valence-electron chi connectivity index (χ0n) is 33.3. The summed E-state index contributed by atoms with van der Waals surface area (Å²) in [6.45, 7) is 7.63. The largest absolute Gasteiger partial charge is 0.461 e. The van der Waals surface area contributed by atoms with Crippen LogP contribution >= 0.6 is 0 Å². The topological polar surface area (TPSA) is 187 Å². The summed E-state index contributed by atoms with van der Waals surface area (Å²) in [7, 11) is 0. The van der Waals surface area contributed by atoms with E-state index in [1.54, 1.807) is 19.1 Å². The van der Waals surface area contributed by atoms with E-state index in [0.29, 0.717) is 50.8 Å². The van der Waals surface area contributed by atoms with E-state index in [4.69, 9.17) is 4.74 Å². The third-order valence-corrected chi connectivity index (χ3v) is 11.5. The minimum Gasteiger partial charge on any atom is -0.461 e. The van der Waals surface area contributed by atoms with Crippen LogP contribution in [-0.4, -0.2) is 119 Å². The maximum atomic E-state index is 14.6. The first kappa shape index (κ1) is 41.2. The first-order chi connectivity index (χ1) is 27.3. The van der Waals surface area contributed by atoms with E-state index in [1.165, 1.54) is 14.7 Å². The Morgan fingerprint density at radius 2 is 1.56 bits per heavy atom. The number of carbonyl (C=O) groups excluding carboxylic acids is 7. The molecule has 2 aromatic carbocycles. The Hall–Kier alpha value is -5.47. The molecular formula is C42H55N7O8. The van der Waals surface area contributed by atoms with Crippen molar-refractivity contribution in [3.05, 3.63) is 65.2 Å². The van der Waals surface area contributed by atoms with Crippen LogP contribution in [0.25, 0.3) is 0 Å². The highest BCUT2D eigenvalue weighted by Crippen LogP contribution is 2.28. The first-order valence-electron chi connectivity index (χ1n) is 20.2. The van der Waals surface area contributed by atoms with Crippen LogP contribution in [0.1, 0.15) is 76.0 Å². The molecule has 4 aliphatic heterocycles. The van der Waals surface area contributed by atoms with Gasteiger partial charge in [-0.1, -0.05) is 55.8 Å². The highest BCUT2D eigenvalue weighted by molar-refractivity contribution is 5.98. The Morgan fingerprint density at radius 1 is 0.842 bits per heavy atom. The highest BCUT2D eigenvalue weighted by Gasteiger charge is 2.46. The fraction of sp³-hybridized carbons (Fsp3) is 0.548. The Bertz CT molecular complexity index is 1850. The predicted molar refractivity (Wildman–Crippen MR) is 211 cm³/mol. The fourth-order valence-corrected chi connectivity index (χ4v) is 8.42. The fourth-order valence-electron chi connectivity index (χ4n) is 8.42. The van der Waals surface area contributed by atoms with Gasteiger partial charge in [-0.15, -0.1) is 0 Å². The molecule has 0 saturated carbocycles. The average Bonchev–Trinajstić information content (AvgIpc) is 3.85. The lowest BCUT2D eigenvalue weighted by atomic mass is 9.99. The zero-order valence-corrected chi connectivity index (χ0v) is 33.3. The van der Waals surface area contributed by atoms with E-state index in [9.17, 15) is 33.6 Å². The van der Waals surface area contributed by atoms with Gasteiger partial charge in [0, 0.05) is 31.7 Å². The average molecular weight is 786 g/mol. The Balaban J connectivity index is 1.30. The van der Waals surface area contributed by atoms with E-state index in [0.717, 1.165) is 23.1 Å². The van der Waals surface area contributed by atoms with E-state index in [2.05, 4.69) is 21.3 Å². The second kappa shape index (κ2) is 18.2. The van der Waals surface area contributed by atoms with Gasteiger partial charge in [-0.25, -0.2) is 9.59 Å². The van der Waals surface area contributed by atoms with Crippen LogP contribution in [0.3, 0.4) is 0 Å². The molecule has 4 N–H and O–H groups in total. The molecule has 0 spiro atoms. The minimum absolute atomic E-state index is 0.0467. The van der Waals surface area contributed by atoms with Crippen molar-refractivity contribution in [2.24, 2.45) is 5.92 Å². The van der Waals surface area contributed by atoms with E-state index >= 15 is 0 Å². The molecule has 7 amide bonds. The number of carbonyl (C=O) groups is 7. The zero-order chi connectivity index (χ0) is 40.8. The molecule has 6 rings (SSSR count).